The van der Waals surface area contributed by atoms with E-state index in [0.717, 1.165) is 25.7 Å². The molecule has 21 heavy (non-hydrogen) atoms. The molecule has 2 saturated carbocycles. The van der Waals surface area contributed by atoms with Gasteiger partial charge < -0.3 is 10.6 Å². The molecule has 6 nitrogen and oxygen atoms in total. The van der Waals surface area contributed by atoms with Gasteiger partial charge in [-0.05, 0) is 43.9 Å². The van der Waals surface area contributed by atoms with Gasteiger partial charge in [-0.3, -0.25) is 14.9 Å². The van der Waals surface area contributed by atoms with E-state index < -0.39 is 5.54 Å². The van der Waals surface area contributed by atoms with Gasteiger partial charge in [0.1, 0.15) is 6.04 Å². The van der Waals surface area contributed by atoms with Crippen LogP contribution in [0.25, 0.3) is 0 Å². The van der Waals surface area contributed by atoms with Crippen molar-refractivity contribution in [1.29, 1.82) is 5.26 Å². The van der Waals surface area contributed by atoms with Crippen LogP contribution >= 0.6 is 0 Å². The molecule has 6 heteroatoms. The van der Waals surface area contributed by atoms with Crippen molar-refractivity contribution in [1.82, 2.24) is 10.2 Å². The molecule has 0 bridgehead atoms. The molecule has 3 fully saturated rings. The van der Waals surface area contributed by atoms with Gasteiger partial charge in [0.25, 0.3) is 0 Å². The van der Waals surface area contributed by atoms with Gasteiger partial charge in [0.2, 0.25) is 11.8 Å². The minimum absolute atomic E-state index is 0.0944. The third-order valence-corrected chi connectivity index (χ3v) is 5.54. The zero-order valence-electron chi connectivity index (χ0n) is 12.2. The van der Waals surface area contributed by atoms with Crippen molar-refractivity contribution in [2.45, 2.75) is 56.5 Å². The van der Waals surface area contributed by atoms with Crippen LogP contribution in [0.15, 0.2) is 0 Å². The van der Waals surface area contributed by atoms with E-state index in [1.54, 1.807) is 4.90 Å². The second-order valence-corrected chi connectivity index (χ2v) is 6.88. The number of primary amides is 1. The van der Waals surface area contributed by atoms with E-state index >= 15 is 0 Å². The monoisotopic (exact) mass is 290 g/mol. The number of carbonyl (C=O) groups excluding carboxylic acids is 2. The fraction of sp³-hybridized carbons (Fsp3) is 0.800. The Balaban J connectivity index is 1.57. The van der Waals surface area contributed by atoms with E-state index in [1.165, 1.54) is 19.3 Å². The standard InChI is InChI=1S/C15H22N4O2/c16-7-11-3-1-6-19(11)12(20)8-18-15(13(17)21)9-14(10-15)4-2-5-14/h11,18H,1-6,8-10H2,(H2,17,21)/t11-/m0/s1. The average Bonchev–Trinajstić information content (AvgIpc) is 2.83. The van der Waals surface area contributed by atoms with Crippen LogP contribution < -0.4 is 11.1 Å². The van der Waals surface area contributed by atoms with Gasteiger partial charge in [0, 0.05) is 6.54 Å². The molecule has 2 amide bonds. The lowest BCUT2D eigenvalue weighted by atomic mass is 9.48. The predicted molar refractivity (Wildman–Crippen MR) is 75.8 cm³/mol. The van der Waals surface area contributed by atoms with Gasteiger partial charge in [-0.1, -0.05) is 6.42 Å². The molecule has 0 unspecified atom stereocenters. The predicted octanol–water partition coefficient (Wildman–Crippen LogP) is 0.279. The van der Waals surface area contributed by atoms with E-state index in [1.807, 2.05) is 0 Å². The van der Waals surface area contributed by atoms with Crippen LogP contribution in [0.3, 0.4) is 0 Å². The SMILES string of the molecule is N#C[C@@H]1CCCN1C(=O)CNC1(C(N)=O)CC2(CCC2)C1. The first-order valence-corrected chi connectivity index (χ1v) is 7.74. The number of nitrogens with zero attached hydrogens (tertiary/aromatic N) is 2. The molecule has 0 aromatic heterocycles. The van der Waals surface area contributed by atoms with Crippen LogP contribution in [-0.2, 0) is 9.59 Å². The summed E-state index contributed by atoms with van der Waals surface area (Å²) in [5.41, 5.74) is 5.14. The van der Waals surface area contributed by atoms with E-state index in [-0.39, 0.29) is 24.4 Å². The lowest BCUT2D eigenvalue weighted by Gasteiger charge is -2.59. The fourth-order valence-electron chi connectivity index (χ4n) is 4.19. The van der Waals surface area contributed by atoms with Crippen LogP contribution in [0.2, 0.25) is 0 Å². The first-order valence-electron chi connectivity index (χ1n) is 7.74. The number of amides is 2. The van der Waals surface area contributed by atoms with Gasteiger partial charge in [0.05, 0.1) is 18.2 Å². The number of rotatable bonds is 4. The smallest absolute Gasteiger partial charge is 0.237 e. The lowest BCUT2D eigenvalue weighted by Crippen LogP contribution is -2.69. The van der Waals surface area contributed by atoms with Crippen molar-refractivity contribution in [3.8, 4) is 6.07 Å². The summed E-state index contributed by atoms with van der Waals surface area (Å²) in [6, 6.07) is 1.84. The van der Waals surface area contributed by atoms with Crippen molar-refractivity contribution in [3.05, 3.63) is 0 Å². The summed E-state index contributed by atoms with van der Waals surface area (Å²) in [7, 11) is 0. The van der Waals surface area contributed by atoms with Gasteiger partial charge in [-0.15, -0.1) is 0 Å². The Morgan fingerprint density at radius 2 is 2.05 bits per heavy atom. The summed E-state index contributed by atoms with van der Waals surface area (Å²) in [6.07, 6.45) is 6.68. The highest BCUT2D eigenvalue weighted by Crippen LogP contribution is 2.60. The van der Waals surface area contributed by atoms with E-state index in [0.29, 0.717) is 12.0 Å². The maximum atomic E-state index is 12.2. The van der Waals surface area contributed by atoms with Crippen molar-refractivity contribution >= 4 is 11.8 Å². The maximum Gasteiger partial charge on any atom is 0.237 e. The maximum absolute atomic E-state index is 12.2. The number of likely N-dealkylation sites (tertiary alicyclic amines) is 1. The molecule has 0 aromatic rings. The summed E-state index contributed by atoms with van der Waals surface area (Å²) in [6.45, 7) is 0.726. The molecule has 2 aliphatic carbocycles. The quantitative estimate of drug-likeness (QED) is 0.776. The Kier molecular flexibility index (Phi) is 3.40. The van der Waals surface area contributed by atoms with Crippen molar-refractivity contribution in [2.75, 3.05) is 13.1 Å². The van der Waals surface area contributed by atoms with Gasteiger partial charge in [0.15, 0.2) is 0 Å². The minimum atomic E-state index is -0.710. The molecule has 3 N–H and O–H groups in total. The Morgan fingerprint density at radius 3 is 2.57 bits per heavy atom. The molecule has 1 spiro atoms. The summed E-state index contributed by atoms with van der Waals surface area (Å²) in [5.74, 6) is -0.458. The van der Waals surface area contributed by atoms with E-state index in [2.05, 4.69) is 11.4 Å². The molecule has 0 radical (unpaired) electrons. The highest BCUT2D eigenvalue weighted by atomic mass is 16.2. The molecule has 1 saturated heterocycles. The lowest BCUT2D eigenvalue weighted by molar-refractivity contribution is -0.143. The minimum Gasteiger partial charge on any atom is -0.368 e. The third-order valence-electron chi connectivity index (χ3n) is 5.54. The van der Waals surface area contributed by atoms with E-state index in [4.69, 9.17) is 11.0 Å². The molecule has 1 heterocycles. The molecular formula is C15H22N4O2. The topological polar surface area (TPSA) is 99.2 Å². The summed E-state index contributed by atoms with van der Waals surface area (Å²) in [5, 5.41) is 12.1. The molecule has 1 atom stereocenters. The largest absolute Gasteiger partial charge is 0.368 e. The molecule has 3 aliphatic rings. The number of carbonyl (C=O) groups is 2. The van der Waals surface area contributed by atoms with E-state index in [9.17, 15) is 9.59 Å². The molecule has 114 valence electrons. The van der Waals surface area contributed by atoms with Crippen LogP contribution in [-0.4, -0.2) is 41.4 Å². The Labute approximate surface area is 124 Å². The highest BCUT2D eigenvalue weighted by molar-refractivity contribution is 5.87. The normalized spacial score (nSPS) is 28.5. The Hall–Kier alpha value is -1.61. The Morgan fingerprint density at radius 1 is 1.33 bits per heavy atom. The second-order valence-electron chi connectivity index (χ2n) is 6.88. The highest BCUT2D eigenvalue weighted by Gasteiger charge is 2.60. The average molecular weight is 290 g/mol. The zero-order valence-corrected chi connectivity index (χ0v) is 12.2. The Bertz CT molecular complexity index is 498. The first kappa shape index (κ1) is 14.3. The van der Waals surface area contributed by atoms with Gasteiger partial charge in [-0.2, -0.15) is 5.26 Å². The van der Waals surface area contributed by atoms with Crippen LogP contribution in [0.1, 0.15) is 44.9 Å². The molecular weight excluding hydrogens is 268 g/mol. The summed E-state index contributed by atoms with van der Waals surface area (Å²) < 4.78 is 0. The zero-order chi connectivity index (χ0) is 15.1. The first-order chi connectivity index (χ1) is 10.0. The molecule has 1 aliphatic heterocycles. The molecule has 3 rings (SSSR count). The fourth-order valence-corrected chi connectivity index (χ4v) is 4.19. The van der Waals surface area contributed by atoms with Gasteiger partial charge in [-0.25, -0.2) is 0 Å². The van der Waals surface area contributed by atoms with Crippen molar-refractivity contribution in [2.24, 2.45) is 11.1 Å². The summed E-state index contributed by atoms with van der Waals surface area (Å²) in [4.78, 5) is 25.6. The number of hydrogen-bond acceptors (Lipinski definition) is 4. The van der Waals surface area contributed by atoms with Crippen molar-refractivity contribution in [3.63, 3.8) is 0 Å². The second kappa shape index (κ2) is 4.99. The number of nitriles is 1. The van der Waals surface area contributed by atoms with Gasteiger partial charge >= 0.3 is 0 Å². The van der Waals surface area contributed by atoms with Crippen LogP contribution in [0, 0.1) is 16.7 Å². The summed E-state index contributed by atoms with van der Waals surface area (Å²) >= 11 is 0. The third kappa shape index (κ3) is 2.30. The number of nitrogens with one attached hydrogen (secondary N) is 1. The van der Waals surface area contributed by atoms with Crippen LogP contribution in [0.4, 0.5) is 0 Å². The number of nitrogens with two attached hydrogens (primary N) is 1. The van der Waals surface area contributed by atoms with Crippen LogP contribution in [0.5, 0.6) is 0 Å². The van der Waals surface area contributed by atoms with Crippen molar-refractivity contribution < 1.29 is 9.59 Å². The number of hydrogen-bond donors (Lipinski definition) is 2. The molecule has 0 aromatic carbocycles.